The minimum atomic E-state index is -0.774. The van der Waals surface area contributed by atoms with Gasteiger partial charge in [0, 0.05) is 18.1 Å². The highest BCUT2D eigenvalue weighted by Crippen LogP contribution is 2.28. The molecule has 0 atom stereocenters. The van der Waals surface area contributed by atoms with E-state index in [2.05, 4.69) is 37.9 Å². The number of benzene rings is 1. The van der Waals surface area contributed by atoms with E-state index in [0.29, 0.717) is 12.3 Å². The maximum absolute atomic E-state index is 10.7. The van der Waals surface area contributed by atoms with E-state index in [1.165, 1.54) is 16.7 Å². The van der Waals surface area contributed by atoms with Gasteiger partial charge in [-0.2, -0.15) is 0 Å². The van der Waals surface area contributed by atoms with E-state index in [0.717, 1.165) is 28.8 Å². The fourth-order valence-corrected chi connectivity index (χ4v) is 3.46. The summed E-state index contributed by atoms with van der Waals surface area (Å²) in [6, 6.07) is 10.1. The zero-order valence-corrected chi connectivity index (χ0v) is 16.5. The SMILES string of the molecule is Cc1cc(C)c(-c2cccc(OC=C3C=CC(CCC(=O)O)=CC3)n2)c(C)c1. The van der Waals surface area contributed by atoms with Gasteiger partial charge in [-0.25, -0.2) is 4.98 Å². The molecule has 0 aliphatic heterocycles. The first kappa shape index (κ1) is 19.6. The van der Waals surface area contributed by atoms with Crippen molar-refractivity contribution in [3.05, 3.63) is 82.7 Å². The molecule has 2 aromatic rings. The predicted octanol–water partition coefficient (Wildman–Crippen LogP) is 5.69. The van der Waals surface area contributed by atoms with Crippen molar-refractivity contribution in [2.75, 3.05) is 0 Å². The van der Waals surface area contributed by atoms with E-state index in [-0.39, 0.29) is 6.42 Å². The van der Waals surface area contributed by atoms with E-state index in [1.807, 2.05) is 36.4 Å². The number of carboxylic acids is 1. The first-order valence-corrected chi connectivity index (χ1v) is 9.42. The van der Waals surface area contributed by atoms with E-state index in [9.17, 15) is 4.79 Å². The number of allylic oxidation sites excluding steroid dienone is 5. The van der Waals surface area contributed by atoms with Crippen LogP contribution >= 0.6 is 0 Å². The maximum atomic E-state index is 10.7. The number of aliphatic carboxylic acids is 1. The number of rotatable bonds is 6. The number of aromatic nitrogens is 1. The van der Waals surface area contributed by atoms with Crippen LogP contribution in [0.2, 0.25) is 0 Å². The summed E-state index contributed by atoms with van der Waals surface area (Å²) in [5.41, 5.74) is 7.77. The molecule has 1 aromatic carbocycles. The Bertz CT molecular complexity index is 960. The van der Waals surface area contributed by atoms with Gasteiger partial charge in [0.2, 0.25) is 5.88 Å². The highest BCUT2D eigenvalue weighted by atomic mass is 16.5. The molecule has 0 bridgehead atoms. The molecule has 0 amide bonds. The summed E-state index contributed by atoms with van der Waals surface area (Å²) in [6.07, 6.45) is 9.10. The van der Waals surface area contributed by atoms with Crippen molar-refractivity contribution in [3.63, 3.8) is 0 Å². The summed E-state index contributed by atoms with van der Waals surface area (Å²) >= 11 is 0. The van der Waals surface area contributed by atoms with Crippen LogP contribution in [0.15, 0.2) is 66.0 Å². The van der Waals surface area contributed by atoms with Gasteiger partial charge in [-0.1, -0.05) is 47.6 Å². The molecule has 3 rings (SSSR count). The summed E-state index contributed by atoms with van der Waals surface area (Å²) in [5.74, 6) is -0.220. The molecule has 144 valence electrons. The minimum Gasteiger partial charge on any atom is -0.481 e. The molecule has 0 fully saturated rings. The monoisotopic (exact) mass is 375 g/mol. The van der Waals surface area contributed by atoms with Crippen molar-refractivity contribution >= 4 is 5.97 Å². The van der Waals surface area contributed by atoms with Crippen LogP contribution in [0.1, 0.15) is 36.0 Å². The third-order valence-electron chi connectivity index (χ3n) is 4.73. The van der Waals surface area contributed by atoms with Crippen molar-refractivity contribution in [1.82, 2.24) is 4.98 Å². The van der Waals surface area contributed by atoms with Gasteiger partial charge in [-0.15, -0.1) is 0 Å². The van der Waals surface area contributed by atoms with Crippen LogP contribution in [-0.2, 0) is 4.79 Å². The largest absolute Gasteiger partial charge is 0.481 e. The molecule has 4 heteroatoms. The molecule has 28 heavy (non-hydrogen) atoms. The van der Waals surface area contributed by atoms with Gasteiger partial charge in [0.15, 0.2) is 0 Å². The van der Waals surface area contributed by atoms with Crippen molar-refractivity contribution in [3.8, 4) is 17.1 Å². The highest BCUT2D eigenvalue weighted by molar-refractivity contribution is 5.68. The van der Waals surface area contributed by atoms with Gasteiger partial charge >= 0.3 is 5.97 Å². The smallest absolute Gasteiger partial charge is 0.303 e. The summed E-state index contributed by atoms with van der Waals surface area (Å²) in [5, 5.41) is 8.77. The summed E-state index contributed by atoms with van der Waals surface area (Å²) in [6.45, 7) is 6.31. The molecular formula is C24H25NO3. The third kappa shape index (κ3) is 4.97. The Hall–Kier alpha value is -3.14. The molecule has 1 aliphatic rings. The number of aryl methyl sites for hydroxylation is 3. The quantitative estimate of drug-likeness (QED) is 0.659. The number of carboxylic acid groups (broad SMARTS) is 1. The van der Waals surface area contributed by atoms with Crippen molar-refractivity contribution in [1.29, 1.82) is 0 Å². The molecule has 0 spiro atoms. The van der Waals surface area contributed by atoms with Gasteiger partial charge in [-0.3, -0.25) is 4.79 Å². The van der Waals surface area contributed by atoms with Gasteiger partial charge in [0.1, 0.15) is 0 Å². The van der Waals surface area contributed by atoms with Crippen LogP contribution < -0.4 is 4.74 Å². The number of hydrogen-bond donors (Lipinski definition) is 1. The molecule has 1 aliphatic carbocycles. The first-order chi connectivity index (χ1) is 13.4. The summed E-state index contributed by atoms with van der Waals surface area (Å²) in [7, 11) is 0. The Balaban J connectivity index is 1.71. The van der Waals surface area contributed by atoms with Crippen LogP contribution in [0, 0.1) is 20.8 Å². The normalized spacial score (nSPS) is 14.8. The van der Waals surface area contributed by atoms with E-state index in [4.69, 9.17) is 9.84 Å². The van der Waals surface area contributed by atoms with E-state index in [1.54, 1.807) is 6.26 Å². The number of nitrogens with zero attached hydrogens (tertiary/aromatic N) is 1. The lowest BCUT2D eigenvalue weighted by Crippen LogP contribution is -1.97. The lowest BCUT2D eigenvalue weighted by atomic mass is 9.97. The standard InChI is InChI=1S/C24H25NO3/c1-16-13-17(2)24(18(3)14-16)21-5-4-6-22(25-21)28-15-20-9-7-19(8-10-20)11-12-23(26)27/h4-9,13-15H,10-12H2,1-3H3,(H,26,27). The van der Waals surface area contributed by atoms with Gasteiger partial charge < -0.3 is 9.84 Å². The second kappa shape index (κ2) is 8.70. The number of pyridine rings is 1. The van der Waals surface area contributed by atoms with Crippen LogP contribution in [0.25, 0.3) is 11.3 Å². The number of hydrogen-bond acceptors (Lipinski definition) is 3. The molecule has 4 nitrogen and oxygen atoms in total. The maximum Gasteiger partial charge on any atom is 0.303 e. The van der Waals surface area contributed by atoms with Crippen LogP contribution in [0.4, 0.5) is 0 Å². The molecule has 1 heterocycles. The molecule has 0 saturated carbocycles. The fraction of sp³-hybridized carbons (Fsp3) is 0.250. The zero-order valence-electron chi connectivity index (χ0n) is 16.5. The molecular weight excluding hydrogens is 350 g/mol. The minimum absolute atomic E-state index is 0.153. The summed E-state index contributed by atoms with van der Waals surface area (Å²) in [4.78, 5) is 15.3. The topological polar surface area (TPSA) is 59.4 Å². The molecule has 1 N–H and O–H groups in total. The Kier molecular flexibility index (Phi) is 6.09. The summed E-state index contributed by atoms with van der Waals surface area (Å²) < 4.78 is 5.80. The van der Waals surface area contributed by atoms with Crippen molar-refractivity contribution in [2.45, 2.75) is 40.0 Å². The average molecular weight is 375 g/mol. The number of carbonyl (C=O) groups is 1. The molecule has 0 unspecified atom stereocenters. The van der Waals surface area contributed by atoms with Crippen molar-refractivity contribution < 1.29 is 14.6 Å². The van der Waals surface area contributed by atoms with Crippen LogP contribution in [0.3, 0.4) is 0 Å². The first-order valence-electron chi connectivity index (χ1n) is 9.42. The predicted molar refractivity (Wildman–Crippen MR) is 111 cm³/mol. The van der Waals surface area contributed by atoms with Gasteiger partial charge in [0.05, 0.1) is 12.0 Å². The Morgan fingerprint density at radius 2 is 1.93 bits per heavy atom. The average Bonchev–Trinajstić information content (AvgIpc) is 2.65. The lowest BCUT2D eigenvalue weighted by molar-refractivity contribution is -0.136. The number of ether oxygens (including phenoxy) is 1. The Labute approximate surface area is 165 Å². The Morgan fingerprint density at radius 3 is 2.57 bits per heavy atom. The second-order valence-corrected chi connectivity index (χ2v) is 7.16. The molecule has 0 saturated heterocycles. The molecule has 0 radical (unpaired) electrons. The molecule has 1 aromatic heterocycles. The lowest BCUT2D eigenvalue weighted by Gasteiger charge is -2.12. The second-order valence-electron chi connectivity index (χ2n) is 7.16. The van der Waals surface area contributed by atoms with Crippen LogP contribution in [0.5, 0.6) is 5.88 Å². The van der Waals surface area contributed by atoms with Gasteiger partial charge in [0.25, 0.3) is 0 Å². The Morgan fingerprint density at radius 1 is 1.18 bits per heavy atom. The van der Waals surface area contributed by atoms with Gasteiger partial charge in [-0.05, 0) is 56.4 Å². The van der Waals surface area contributed by atoms with E-state index >= 15 is 0 Å². The highest BCUT2D eigenvalue weighted by Gasteiger charge is 2.09. The van der Waals surface area contributed by atoms with E-state index < -0.39 is 5.97 Å². The van der Waals surface area contributed by atoms with Crippen molar-refractivity contribution in [2.24, 2.45) is 0 Å². The fourth-order valence-electron chi connectivity index (χ4n) is 3.46. The van der Waals surface area contributed by atoms with Crippen LogP contribution in [-0.4, -0.2) is 16.1 Å². The zero-order chi connectivity index (χ0) is 20.1. The third-order valence-corrected chi connectivity index (χ3v) is 4.73.